The molecule has 1 amide bonds. The number of amides is 1. The summed E-state index contributed by atoms with van der Waals surface area (Å²) in [5.74, 6) is 0.597. The molecule has 5 heteroatoms. The van der Waals surface area contributed by atoms with E-state index in [1.807, 2.05) is 36.5 Å². The summed E-state index contributed by atoms with van der Waals surface area (Å²) in [6.45, 7) is 0.555. The van der Waals surface area contributed by atoms with Gasteiger partial charge in [-0.2, -0.15) is 0 Å². The van der Waals surface area contributed by atoms with Crippen molar-refractivity contribution in [2.45, 2.75) is 57.4 Å². The summed E-state index contributed by atoms with van der Waals surface area (Å²) in [5.41, 5.74) is 6.33. The maximum absolute atomic E-state index is 12.6. The molecule has 1 fully saturated rings. The fourth-order valence-corrected chi connectivity index (χ4v) is 4.61. The highest BCUT2D eigenvalue weighted by atomic mass is 16.1. The van der Waals surface area contributed by atoms with Gasteiger partial charge >= 0.3 is 0 Å². The van der Waals surface area contributed by atoms with Crippen molar-refractivity contribution in [1.82, 2.24) is 19.7 Å². The molecule has 0 unspecified atom stereocenters. The van der Waals surface area contributed by atoms with Crippen LogP contribution in [0.1, 0.15) is 67.1 Å². The van der Waals surface area contributed by atoms with Crippen molar-refractivity contribution in [3.63, 3.8) is 0 Å². The van der Waals surface area contributed by atoms with E-state index in [0.29, 0.717) is 18.9 Å². The topological polar surface area (TPSA) is 59.3 Å². The molecule has 5 nitrogen and oxygen atoms in total. The average Bonchev–Trinajstić information content (AvgIpc) is 3.37. The third-order valence-corrected chi connectivity index (χ3v) is 6.15. The Morgan fingerprint density at radius 3 is 2.79 bits per heavy atom. The first kappa shape index (κ1) is 18.1. The van der Waals surface area contributed by atoms with Gasteiger partial charge < -0.3 is 5.32 Å². The molecule has 2 aromatic heterocycles. The van der Waals surface area contributed by atoms with E-state index in [0.717, 1.165) is 34.6 Å². The van der Waals surface area contributed by atoms with Crippen LogP contribution >= 0.6 is 0 Å². The Morgan fingerprint density at radius 2 is 1.97 bits per heavy atom. The number of rotatable bonds is 5. The number of hydrogen-bond donors (Lipinski definition) is 1. The van der Waals surface area contributed by atoms with Gasteiger partial charge in [0.2, 0.25) is 5.91 Å². The molecule has 148 valence electrons. The Morgan fingerprint density at radius 1 is 1.14 bits per heavy atom. The van der Waals surface area contributed by atoms with Gasteiger partial charge in [-0.05, 0) is 24.0 Å². The van der Waals surface area contributed by atoms with Crippen LogP contribution in [0.25, 0.3) is 11.2 Å². The number of fused-ring (bicyclic) bond motifs is 3. The number of nitrogens with zero attached hydrogens (tertiary/aromatic N) is 3. The number of benzene rings is 1. The molecule has 3 aromatic rings. The number of aromatic nitrogens is 3. The second kappa shape index (κ2) is 7.82. The summed E-state index contributed by atoms with van der Waals surface area (Å²) < 4.78 is 2.16. The normalized spacial score (nSPS) is 16.6. The van der Waals surface area contributed by atoms with Gasteiger partial charge in [0.15, 0.2) is 5.65 Å². The zero-order valence-corrected chi connectivity index (χ0v) is 16.6. The molecule has 29 heavy (non-hydrogen) atoms. The number of hydrogen-bond acceptors (Lipinski definition) is 3. The van der Waals surface area contributed by atoms with Crippen LogP contribution < -0.4 is 5.32 Å². The summed E-state index contributed by atoms with van der Waals surface area (Å²) in [5, 5.41) is 3.04. The predicted octanol–water partition coefficient (Wildman–Crippen LogP) is 4.42. The first-order valence-electron chi connectivity index (χ1n) is 10.6. The number of nitrogens with one attached hydrogen (secondary N) is 1. The quantitative estimate of drug-likeness (QED) is 0.706. The van der Waals surface area contributed by atoms with Gasteiger partial charge in [0.25, 0.3) is 0 Å². The number of imidazole rings is 1. The molecule has 1 N–H and O–H groups in total. The van der Waals surface area contributed by atoms with Crippen molar-refractivity contribution >= 4 is 17.1 Å². The predicted molar refractivity (Wildman–Crippen MR) is 113 cm³/mol. The van der Waals surface area contributed by atoms with Gasteiger partial charge in [0.1, 0.15) is 0 Å². The fourth-order valence-electron chi connectivity index (χ4n) is 4.61. The molecule has 0 spiro atoms. The van der Waals surface area contributed by atoms with Crippen LogP contribution in [0, 0.1) is 0 Å². The van der Waals surface area contributed by atoms with Crippen LogP contribution in [-0.4, -0.2) is 20.3 Å². The Hall–Kier alpha value is -2.95. The third kappa shape index (κ3) is 3.69. The number of carbonyl (C=O) groups is 1. The van der Waals surface area contributed by atoms with E-state index in [4.69, 9.17) is 4.98 Å². The van der Waals surface area contributed by atoms with Gasteiger partial charge in [-0.1, -0.05) is 55.7 Å². The zero-order valence-electron chi connectivity index (χ0n) is 16.6. The zero-order chi connectivity index (χ0) is 19.6. The largest absolute Gasteiger partial charge is 0.352 e. The summed E-state index contributed by atoms with van der Waals surface area (Å²) >= 11 is 0. The third-order valence-electron chi connectivity index (χ3n) is 6.15. The minimum Gasteiger partial charge on any atom is -0.352 e. The van der Waals surface area contributed by atoms with Gasteiger partial charge in [-0.15, -0.1) is 0 Å². The van der Waals surface area contributed by atoms with E-state index >= 15 is 0 Å². The van der Waals surface area contributed by atoms with Crippen LogP contribution in [0.5, 0.6) is 0 Å². The van der Waals surface area contributed by atoms with E-state index in [9.17, 15) is 4.79 Å². The molecule has 5 rings (SSSR count). The van der Waals surface area contributed by atoms with E-state index in [2.05, 4.69) is 27.0 Å². The average molecular weight is 386 g/mol. The van der Waals surface area contributed by atoms with Crippen molar-refractivity contribution < 1.29 is 4.79 Å². The summed E-state index contributed by atoms with van der Waals surface area (Å²) in [7, 11) is 0. The van der Waals surface area contributed by atoms with Gasteiger partial charge in [0, 0.05) is 25.1 Å². The minimum atomic E-state index is 0.0394. The summed E-state index contributed by atoms with van der Waals surface area (Å²) in [4.78, 5) is 22.1. The highest BCUT2D eigenvalue weighted by Crippen LogP contribution is 2.34. The SMILES string of the molecule is O=C(CC1=CCc2ncc3nc(C4CCCCC4)cn3c21)NCc1ccccc1. The number of allylic oxidation sites excluding steroid dienone is 1. The first-order valence-corrected chi connectivity index (χ1v) is 10.6. The Bertz CT molecular complexity index is 1060. The van der Waals surface area contributed by atoms with E-state index in [1.165, 1.54) is 37.8 Å². The van der Waals surface area contributed by atoms with Crippen LogP contribution in [0.4, 0.5) is 0 Å². The van der Waals surface area contributed by atoms with Crippen LogP contribution in [0.3, 0.4) is 0 Å². The molecule has 0 radical (unpaired) electrons. The molecule has 2 aliphatic carbocycles. The van der Waals surface area contributed by atoms with E-state index in [-0.39, 0.29) is 5.91 Å². The first-order chi connectivity index (χ1) is 14.3. The lowest BCUT2D eigenvalue weighted by Crippen LogP contribution is -2.22. The fraction of sp³-hybridized carbons (Fsp3) is 0.375. The maximum atomic E-state index is 12.6. The van der Waals surface area contributed by atoms with Gasteiger partial charge in [-0.3, -0.25) is 14.2 Å². The maximum Gasteiger partial charge on any atom is 0.224 e. The highest BCUT2D eigenvalue weighted by molar-refractivity contribution is 5.90. The molecule has 0 atom stereocenters. The molecule has 2 heterocycles. The van der Waals surface area contributed by atoms with Crippen LogP contribution in [0.2, 0.25) is 0 Å². The second-order valence-corrected chi connectivity index (χ2v) is 8.15. The van der Waals surface area contributed by atoms with Crippen molar-refractivity contribution in [1.29, 1.82) is 0 Å². The molecule has 0 bridgehead atoms. The van der Waals surface area contributed by atoms with Crippen LogP contribution in [-0.2, 0) is 17.8 Å². The molecule has 2 aliphatic rings. The standard InChI is InChI=1S/C24H26N4O/c29-23(26-14-17-7-3-1-4-8-17)13-19-11-12-20-24(19)28-16-21(27-22(28)15-25-20)18-9-5-2-6-10-18/h1,3-4,7-8,11,15-16,18H,2,5-6,9-10,12-14H2,(H,26,29). The van der Waals surface area contributed by atoms with Gasteiger partial charge in [0.05, 0.1) is 29.7 Å². The summed E-state index contributed by atoms with van der Waals surface area (Å²) in [6.07, 6.45) is 13.7. The van der Waals surface area contributed by atoms with E-state index < -0.39 is 0 Å². The number of carbonyl (C=O) groups excluding carboxylic acids is 1. The van der Waals surface area contributed by atoms with Crippen molar-refractivity contribution in [3.8, 4) is 0 Å². The lowest BCUT2D eigenvalue weighted by molar-refractivity contribution is -0.120. The molecular formula is C24H26N4O. The van der Waals surface area contributed by atoms with Crippen molar-refractivity contribution in [2.24, 2.45) is 0 Å². The lowest BCUT2D eigenvalue weighted by atomic mass is 9.87. The van der Waals surface area contributed by atoms with Crippen LogP contribution in [0.15, 0.2) is 48.8 Å². The molecule has 0 aliphatic heterocycles. The van der Waals surface area contributed by atoms with Gasteiger partial charge in [-0.25, -0.2) is 4.98 Å². The molecule has 1 saturated carbocycles. The summed E-state index contributed by atoms with van der Waals surface area (Å²) in [6, 6.07) is 10.0. The Kier molecular flexibility index (Phi) is 4.88. The van der Waals surface area contributed by atoms with E-state index in [1.54, 1.807) is 0 Å². The smallest absolute Gasteiger partial charge is 0.224 e. The minimum absolute atomic E-state index is 0.0394. The highest BCUT2D eigenvalue weighted by Gasteiger charge is 2.24. The van der Waals surface area contributed by atoms with Crippen molar-refractivity contribution in [2.75, 3.05) is 0 Å². The molecule has 0 saturated heterocycles. The second-order valence-electron chi connectivity index (χ2n) is 8.15. The Labute approximate surface area is 170 Å². The lowest BCUT2D eigenvalue weighted by Gasteiger charge is -2.19. The Balaban J connectivity index is 1.35. The molecular weight excluding hydrogens is 360 g/mol. The molecule has 1 aromatic carbocycles. The monoisotopic (exact) mass is 386 g/mol. The van der Waals surface area contributed by atoms with Crippen molar-refractivity contribution in [3.05, 3.63) is 71.4 Å².